The van der Waals surface area contributed by atoms with Gasteiger partial charge in [-0.05, 0) is 50.5 Å². The van der Waals surface area contributed by atoms with Crippen LogP contribution >= 0.6 is 0 Å². The number of anilines is 1. The lowest BCUT2D eigenvalue weighted by Gasteiger charge is -2.46. The first-order valence-electron chi connectivity index (χ1n) is 12.6. The Kier molecular flexibility index (Phi) is 6.52. The predicted molar refractivity (Wildman–Crippen MR) is 138 cm³/mol. The highest BCUT2D eigenvalue weighted by atomic mass is 16.5. The van der Waals surface area contributed by atoms with Crippen LogP contribution < -0.4 is 10.2 Å². The minimum Gasteiger partial charge on any atom is -0.379 e. The zero-order chi connectivity index (χ0) is 24.5. The molecule has 35 heavy (non-hydrogen) atoms. The molecule has 1 N–H and O–H groups in total. The number of fused-ring (bicyclic) bond motifs is 6. The Hall–Kier alpha value is -3.32. The van der Waals surface area contributed by atoms with Gasteiger partial charge in [-0.3, -0.25) is 9.59 Å². The Balaban J connectivity index is 1.42. The molecule has 2 aromatic carbocycles. The summed E-state index contributed by atoms with van der Waals surface area (Å²) in [5, 5.41) is 4.24. The van der Waals surface area contributed by atoms with E-state index in [2.05, 4.69) is 40.0 Å². The number of hydrogen-bond acceptors (Lipinski definition) is 4. The number of rotatable bonds is 8. The summed E-state index contributed by atoms with van der Waals surface area (Å²) in [5.41, 5.74) is 5.23. The third-order valence-electron chi connectivity index (χ3n) is 7.06. The van der Waals surface area contributed by atoms with Gasteiger partial charge in [0.2, 0.25) is 5.91 Å². The van der Waals surface area contributed by atoms with Crippen molar-refractivity contribution >= 4 is 28.4 Å². The first-order chi connectivity index (χ1) is 17.0. The highest BCUT2D eigenvalue weighted by molar-refractivity contribution is 6.02. The third-order valence-corrected chi connectivity index (χ3v) is 7.06. The van der Waals surface area contributed by atoms with Crippen LogP contribution in [-0.2, 0) is 22.5 Å². The molecule has 2 amide bonds. The fourth-order valence-electron chi connectivity index (χ4n) is 5.47. The molecule has 0 saturated carbocycles. The molecule has 1 aromatic heterocycles. The van der Waals surface area contributed by atoms with Crippen LogP contribution in [0.2, 0.25) is 0 Å². The molecule has 0 spiro atoms. The van der Waals surface area contributed by atoms with E-state index in [1.54, 1.807) is 0 Å². The topological polar surface area (TPSA) is 66.8 Å². The van der Waals surface area contributed by atoms with Crippen LogP contribution in [0.4, 0.5) is 5.69 Å². The first-order valence-corrected chi connectivity index (χ1v) is 12.6. The predicted octanol–water partition coefficient (Wildman–Crippen LogP) is 4.11. The zero-order valence-corrected chi connectivity index (χ0v) is 20.8. The van der Waals surface area contributed by atoms with Crippen molar-refractivity contribution in [1.29, 1.82) is 0 Å². The molecule has 184 valence electrons. The van der Waals surface area contributed by atoms with Crippen molar-refractivity contribution in [3.8, 4) is 0 Å². The van der Waals surface area contributed by atoms with Gasteiger partial charge in [0.05, 0.1) is 23.0 Å². The molecule has 5 rings (SSSR count). The zero-order valence-electron chi connectivity index (χ0n) is 20.8. The van der Waals surface area contributed by atoms with Crippen LogP contribution in [0.5, 0.6) is 0 Å². The number of aromatic nitrogens is 1. The molecule has 1 atom stereocenters. The van der Waals surface area contributed by atoms with E-state index in [4.69, 9.17) is 4.74 Å². The van der Waals surface area contributed by atoms with Crippen LogP contribution in [0.1, 0.15) is 54.5 Å². The highest BCUT2D eigenvalue weighted by Crippen LogP contribution is 2.44. The fraction of sp³-hybridized carbons (Fsp3) is 0.429. The van der Waals surface area contributed by atoms with Gasteiger partial charge in [-0.15, -0.1) is 0 Å². The monoisotopic (exact) mass is 474 g/mol. The van der Waals surface area contributed by atoms with Gasteiger partial charge < -0.3 is 24.4 Å². The summed E-state index contributed by atoms with van der Waals surface area (Å²) >= 11 is 0. The van der Waals surface area contributed by atoms with Crippen LogP contribution in [0, 0.1) is 0 Å². The van der Waals surface area contributed by atoms with Crippen molar-refractivity contribution < 1.29 is 14.3 Å². The average Bonchev–Trinajstić information content (AvgIpc) is 3.19. The van der Waals surface area contributed by atoms with Crippen LogP contribution in [-0.4, -0.2) is 54.1 Å². The second-order valence-corrected chi connectivity index (χ2v) is 9.66. The number of amides is 2. The molecule has 0 radical (unpaired) electrons. The van der Waals surface area contributed by atoms with Crippen LogP contribution in [0.3, 0.4) is 0 Å². The molecule has 0 saturated heterocycles. The SMILES string of the molecule is CC(C)OCCCNC(=O)CCn1c2c(c3ccccc31)CCN1C(=O)c3ccccc3N(C)[C@@H]21. The van der Waals surface area contributed by atoms with Crippen molar-refractivity contribution in [3.63, 3.8) is 0 Å². The molecule has 2 aliphatic heterocycles. The fourth-order valence-corrected chi connectivity index (χ4v) is 5.47. The molecular formula is C28H34N4O3. The Bertz CT molecular complexity index is 1250. The summed E-state index contributed by atoms with van der Waals surface area (Å²) in [4.78, 5) is 30.3. The molecular weight excluding hydrogens is 440 g/mol. The quantitative estimate of drug-likeness (QED) is 0.499. The standard InChI is InChI=1S/C28H34N4O3/c1-19(2)35-18-8-15-29-25(33)14-17-31-24-12-7-4-9-20(24)21-13-16-32-27(26(21)31)30(3)23-11-6-5-10-22(23)28(32)34/h4-7,9-12,19,27H,8,13-18H2,1-3H3,(H,29,33)/t27-/m1/s1. The Morgan fingerprint density at radius 2 is 1.91 bits per heavy atom. The van der Waals surface area contributed by atoms with Crippen molar-refractivity contribution in [1.82, 2.24) is 14.8 Å². The number of nitrogens with zero attached hydrogens (tertiary/aromatic N) is 3. The van der Waals surface area contributed by atoms with E-state index in [0.29, 0.717) is 32.7 Å². The van der Waals surface area contributed by atoms with Gasteiger partial charge in [-0.2, -0.15) is 0 Å². The largest absolute Gasteiger partial charge is 0.379 e. The van der Waals surface area contributed by atoms with E-state index in [-0.39, 0.29) is 24.1 Å². The maximum absolute atomic E-state index is 13.4. The molecule has 3 heterocycles. The number of carbonyl (C=O) groups excluding carboxylic acids is 2. The molecule has 0 aliphatic carbocycles. The van der Waals surface area contributed by atoms with Crippen molar-refractivity contribution in [2.75, 3.05) is 31.6 Å². The Morgan fingerprint density at radius 3 is 2.74 bits per heavy atom. The minimum absolute atomic E-state index is 0.0344. The van der Waals surface area contributed by atoms with Crippen LogP contribution in [0.15, 0.2) is 48.5 Å². The molecule has 7 heteroatoms. The number of para-hydroxylation sites is 2. The summed E-state index contributed by atoms with van der Waals surface area (Å²) in [5.74, 6) is 0.111. The number of carbonyl (C=O) groups is 2. The van der Waals surface area contributed by atoms with Gasteiger partial charge in [0.25, 0.3) is 5.91 Å². The van der Waals surface area contributed by atoms with Crippen molar-refractivity contribution in [2.45, 2.75) is 51.9 Å². The molecule has 0 unspecified atom stereocenters. The summed E-state index contributed by atoms with van der Waals surface area (Å²) in [6.07, 6.45) is 2.01. The van der Waals surface area contributed by atoms with Gasteiger partial charge in [0.1, 0.15) is 6.17 Å². The Morgan fingerprint density at radius 1 is 1.14 bits per heavy atom. The van der Waals surface area contributed by atoms with E-state index in [0.717, 1.165) is 35.3 Å². The second kappa shape index (κ2) is 9.74. The molecule has 0 fully saturated rings. The number of ether oxygens (including phenoxy) is 1. The summed E-state index contributed by atoms with van der Waals surface area (Å²) < 4.78 is 7.82. The van der Waals surface area contributed by atoms with Gasteiger partial charge in [-0.1, -0.05) is 30.3 Å². The third kappa shape index (κ3) is 4.29. The second-order valence-electron chi connectivity index (χ2n) is 9.66. The van der Waals surface area contributed by atoms with Crippen LogP contribution in [0.25, 0.3) is 10.9 Å². The smallest absolute Gasteiger partial charge is 0.257 e. The van der Waals surface area contributed by atoms with Gasteiger partial charge in [0.15, 0.2) is 0 Å². The molecule has 2 aliphatic rings. The molecule has 3 aromatic rings. The molecule has 0 bridgehead atoms. The lowest BCUT2D eigenvalue weighted by atomic mass is 9.96. The number of aryl methyl sites for hydroxylation is 1. The maximum Gasteiger partial charge on any atom is 0.257 e. The van der Waals surface area contributed by atoms with Gasteiger partial charge >= 0.3 is 0 Å². The number of benzene rings is 2. The average molecular weight is 475 g/mol. The van der Waals surface area contributed by atoms with E-state index < -0.39 is 0 Å². The molecule has 7 nitrogen and oxygen atoms in total. The van der Waals surface area contributed by atoms with Crippen molar-refractivity contribution in [3.05, 3.63) is 65.4 Å². The first kappa shape index (κ1) is 23.4. The number of nitrogens with one attached hydrogen (secondary N) is 1. The summed E-state index contributed by atoms with van der Waals surface area (Å²) in [6.45, 7) is 6.53. The lowest BCUT2D eigenvalue weighted by Crippen LogP contribution is -2.51. The minimum atomic E-state index is -0.190. The maximum atomic E-state index is 13.4. The van der Waals surface area contributed by atoms with Gasteiger partial charge in [0, 0.05) is 50.6 Å². The lowest BCUT2D eigenvalue weighted by molar-refractivity contribution is -0.121. The normalized spacial score (nSPS) is 16.9. The van der Waals surface area contributed by atoms with E-state index in [1.165, 1.54) is 10.9 Å². The van der Waals surface area contributed by atoms with E-state index >= 15 is 0 Å². The summed E-state index contributed by atoms with van der Waals surface area (Å²) in [7, 11) is 2.06. The van der Waals surface area contributed by atoms with E-state index in [9.17, 15) is 9.59 Å². The van der Waals surface area contributed by atoms with E-state index in [1.807, 2.05) is 49.1 Å². The number of hydrogen-bond donors (Lipinski definition) is 1. The van der Waals surface area contributed by atoms with Gasteiger partial charge in [-0.25, -0.2) is 0 Å². The summed E-state index contributed by atoms with van der Waals surface area (Å²) in [6, 6.07) is 16.2. The Labute approximate surface area is 206 Å². The van der Waals surface area contributed by atoms with Crippen molar-refractivity contribution in [2.24, 2.45) is 0 Å². The highest BCUT2D eigenvalue weighted by Gasteiger charge is 2.42.